The van der Waals surface area contributed by atoms with Crippen LogP contribution in [0.1, 0.15) is 41.3 Å². The lowest BCUT2D eigenvalue weighted by atomic mass is 9.94. The van der Waals surface area contributed by atoms with Crippen molar-refractivity contribution in [2.45, 2.75) is 32.6 Å². The number of aromatic nitrogens is 2. The summed E-state index contributed by atoms with van der Waals surface area (Å²) < 4.78 is 5.48. The molecule has 0 radical (unpaired) electrons. The highest BCUT2D eigenvalue weighted by atomic mass is 16.4. The standard InChI is InChI=1S/C17H21N5O2/c1-11-12(2)24-17(14(11)9-18)20-16(23)10-22-7-4-13(5-8-22)15-3-6-19-21-15/h3,6,13H,4-5,7-8,10H2,1-2H3,(H,19,21)(H,20,23). The predicted molar refractivity (Wildman–Crippen MR) is 88.5 cm³/mol. The number of nitrogens with zero attached hydrogens (tertiary/aromatic N) is 3. The number of furan rings is 1. The Kier molecular flexibility index (Phi) is 4.67. The van der Waals surface area contributed by atoms with Gasteiger partial charge in [-0.1, -0.05) is 0 Å². The number of aromatic amines is 1. The number of H-pyrrole nitrogens is 1. The molecule has 3 rings (SSSR count). The number of piperidine rings is 1. The Bertz CT molecular complexity index is 749. The van der Waals surface area contributed by atoms with E-state index in [1.165, 1.54) is 5.69 Å². The maximum Gasteiger partial charge on any atom is 0.240 e. The number of hydrogen-bond acceptors (Lipinski definition) is 5. The van der Waals surface area contributed by atoms with Gasteiger partial charge in [0, 0.05) is 23.4 Å². The minimum Gasteiger partial charge on any atom is -0.444 e. The maximum absolute atomic E-state index is 12.2. The summed E-state index contributed by atoms with van der Waals surface area (Å²) in [6.45, 7) is 5.62. The number of aryl methyl sites for hydroxylation is 1. The molecular weight excluding hydrogens is 306 g/mol. The molecule has 1 aliphatic heterocycles. The number of carbonyl (C=O) groups excluding carboxylic acids is 1. The highest BCUT2D eigenvalue weighted by Crippen LogP contribution is 2.27. The molecule has 0 spiro atoms. The summed E-state index contributed by atoms with van der Waals surface area (Å²) in [5, 5.41) is 18.9. The summed E-state index contributed by atoms with van der Waals surface area (Å²) in [4.78, 5) is 14.4. The van der Waals surface area contributed by atoms with Crippen molar-refractivity contribution in [1.82, 2.24) is 15.1 Å². The molecule has 0 atom stereocenters. The normalized spacial score (nSPS) is 16.0. The van der Waals surface area contributed by atoms with Crippen LogP contribution in [0.15, 0.2) is 16.7 Å². The second-order valence-corrected chi connectivity index (χ2v) is 6.21. The zero-order valence-electron chi connectivity index (χ0n) is 13.9. The molecule has 7 nitrogen and oxygen atoms in total. The fraction of sp³-hybridized carbons (Fsp3) is 0.471. The van der Waals surface area contributed by atoms with E-state index in [2.05, 4.69) is 26.5 Å². The molecule has 0 saturated carbocycles. The fourth-order valence-electron chi connectivity index (χ4n) is 3.11. The van der Waals surface area contributed by atoms with Crippen molar-refractivity contribution >= 4 is 11.8 Å². The lowest BCUT2D eigenvalue weighted by Gasteiger charge is -2.30. The lowest BCUT2D eigenvalue weighted by Crippen LogP contribution is -2.38. The summed E-state index contributed by atoms with van der Waals surface area (Å²) in [5.74, 6) is 1.24. The first-order valence-corrected chi connectivity index (χ1v) is 8.10. The van der Waals surface area contributed by atoms with Crippen molar-refractivity contribution in [3.05, 3.63) is 34.8 Å². The monoisotopic (exact) mass is 327 g/mol. The molecule has 24 heavy (non-hydrogen) atoms. The van der Waals surface area contributed by atoms with Gasteiger partial charge in [-0.3, -0.25) is 20.1 Å². The van der Waals surface area contributed by atoms with Crippen LogP contribution in [0.25, 0.3) is 0 Å². The van der Waals surface area contributed by atoms with Crippen LogP contribution in [0.2, 0.25) is 0 Å². The Morgan fingerprint density at radius 2 is 2.25 bits per heavy atom. The second-order valence-electron chi connectivity index (χ2n) is 6.21. The number of hydrogen-bond donors (Lipinski definition) is 2. The Morgan fingerprint density at radius 3 is 2.88 bits per heavy atom. The van der Waals surface area contributed by atoms with Crippen LogP contribution in [0, 0.1) is 25.2 Å². The average molecular weight is 327 g/mol. The molecule has 2 aromatic rings. The van der Waals surface area contributed by atoms with Crippen LogP contribution in [-0.2, 0) is 4.79 Å². The van der Waals surface area contributed by atoms with E-state index in [0.29, 0.717) is 23.8 Å². The fourth-order valence-corrected chi connectivity index (χ4v) is 3.11. The minimum absolute atomic E-state index is 0.153. The summed E-state index contributed by atoms with van der Waals surface area (Å²) >= 11 is 0. The highest BCUT2D eigenvalue weighted by molar-refractivity contribution is 5.92. The van der Waals surface area contributed by atoms with Crippen LogP contribution in [0.3, 0.4) is 0 Å². The van der Waals surface area contributed by atoms with Crippen molar-refractivity contribution in [2.24, 2.45) is 0 Å². The Morgan fingerprint density at radius 1 is 1.50 bits per heavy atom. The maximum atomic E-state index is 12.2. The molecule has 0 bridgehead atoms. The van der Waals surface area contributed by atoms with E-state index in [1.807, 2.05) is 13.0 Å². The number of anilines is 1. The van der Waals surface area contributed by atoms with Gasteiger partial charge in [0.1, 0.15) is 17.4 Å². The van der Waals surface area contributed by atoms with Gasteiger partial charge in [0.2, 0.25) is 11.8 Å². The topological polar surface area (TPSA) is 97.9 Å². The molecule has 126 valence electrons. The molecule has 0 aromatic carbocycles. The summed E-state index contributed by atoms with van der Waals surface area (Å²) in [5.41, 5.74) is 2.34. The zero-order chi connectivity index (χ0) is 17.1. The predicted octanol–water partition coefficient (Wildman–Crippen LogP) is 2.31. The number of rotatable bonds is 4. The highest BCUT2D eigenvalue weighted by Gasteiger charge is 2.24. The SMILES string of the molecule is Cc1oc(NC(=O)CN2CCC(c3ccn[nH]3)CC2)c(C#N)c1C. The first-order valence-electron chi connectivity index (χ1n) is 8.10. The third kappa shape index (κ3) is 3.34. The van der Waals surface area contributed by atoms with Gasteiger partial charge in [0.15, 0.2) is 0 Å². The van der Waals surface area contributed by atoms with Crippen molar-refractivity contribution < 1.29 is 9.21 Å². The molecule has 0 unspecified atom stereocenters. The molecule has 2 aromatic heterocycles. The Labute approximate surface area is 140 Å². The van der Waals surface area contributed by atoms with Gasteiger partial charge in [0.25, 0.3) is 0 Å². The second kappa shape index (κ2) is 6.89. The van der Waals surface area contributed by atoms with Gasteiger partial charge < -0.3 is 4.42 Å². The number of amides is 1. The van der Waals surface area contributed by atoms with Gasteiger partial charge in [0.05, 0.1) is 6.54 Å². The van der Waals surface area contributed by atoms with Crippen LogP contribution in [0.5, 0.6) is 0 Å². The Hall–Kier alpha value is -2.59. The Balaban J connectivity index is 1.53. The van der Waals surface area contributed by atoms with Crippen LogP contribution < -0.4 is 5.32 Å². The number of carbonyl (C=O) groups is 1. The summed E-state index contributed by atoms with van der Waals surface area (Å²) in [7, 11) is 0. The van der Waals surface area contributed by atoms with E-state index in [4.69, 9.17) is 4.42 Å². The van der Waals surface area contributed by atoms with Gasteiger partial charge in [-0.25, -0.2) is 0 Å². The zero-order valence-corrected chi connectivity index (χ0v) is 13.9. The molecule has 1 aliphatic rings. The van der Waals surface area contributed by atoms with E-state index < -0.39 is 0 Å². The van der Waals surface area contributed by atoms with Crippen molar-refractivity contribution in [3.63, 3.8) is 0 Å². The largest absolute Gasteiger partial charge is 0.444 e. The first kappa shape index (κ1) is 16.3. The van der Waals surface area contributed by atoms with E-state index in [-0.39, 0.29) is 11.8 Å². The van der Waals surface area contributed by atoms with Crippen LogP contribution >= 0.6 is 0 Å². The molecule has 1 amide bonds. The molecular formula is C17H21N5O2. The van der Waals surface area contributed by atoms with Gasteiger partial charge in [-0.15, -0.1) is 0 Å². The van der Waals surface area contributed by atoms with Crippen LogP contribution in [-0.4, -0.2) is 40.6 Å². The molecule has 1 fully saturated rings. The van der Waals surface area contributed by atoms with E-state index >= 15 is 0 Å². The third-order valence-corrected chi connectivity index (χ3v) is 4.67. The van der Waals surface area contributed by atoms with Crippen molar-refractivity contribution in [1.29, 1.82) is 5.26 Å². The molecule has 2 N–H and O–H groups in total. The number of nitriles is 1. The summed E-state index contributed by atoms with van der Waals surface area (Å²) in [6.07, 6.45) is 3.77. The van der Waals surface area contributed by atoms with E-state index in [1.54, 1.807) is 13.1 Å². The van der Waals surface area contributed by atoms with Gasteiger partial charge in [-0.05, 0) is 45.8 Å². The van der Waals surface area contributed by atoms with Crippen LogP contribution in [0.4, 0.5) is 5.88 Å². The number of nitrogens with one attached hydrogen (secondary N) is 2. The van der Waals surface area contributed by atoms with Gasteiger partial charge >= 0.3 is 0 Å². The van der Waals surface area contributed by atoms with Crippen molar-refractivity contribution in [2.75, 3.05) is 25.0 Å². The van der Waals surface area contributed by atoms with E-state index in [0.717, 1.165) is 31.5 Å². The van der Waals surface area contributed by atoms with Crippen molar-refractivity contribution in [3.8, 4) is 6.07 Å². The molecule has 0 aliphatic carbocycles. The van der Waals surface area contributed by atoms with E-state index in [9.17, 15) is 10.1 Å². The van der Waals surface area contributed by atoms with Gasteiger partial charge in [-0.2, -0.15) is 10.4 Å². The first-order chi connectivity index (χ1) is 11.6. The average Bonchev–Trinajstić information content (AvgIpc) is 3.18. The number of likely N-dealkylation sites (tertiary alicyclic amines) is 1. The molecule has 3 heterocycles. The summed E-state index contributed by atoms with van der Waals surface area (Å²) in [6, 6.07) is 4.10. The third-order valence-electron chi connectivity index (χ3n) is 4.67. The molecule has 1 saturated heterocycles. The molecule has 7 heteroatoms. The lowest BCUT2D eigenvalue weighted by molar-refractivity contribution is -0.117. The smallest absolute Gasteiger partial charge is 0.240 e. The quantitative estimate of drug-likeness (QED) is 0.898. The minimum atomic E-state index is -0.153.